The summed E-state index contributed by atoms with van der Waals surface area (Å²) in [5.41, 5.74) is 0.858. The second kappa shape index (κ2) is 5.65. The van der Waals surface area contributed by atoms with Crippen molar-refractivity contribution in [1.29, 1.82) is 0 Å². The quantitative estimate of drug-likeness (QED) is 0.801. The molecule has 0 aliphatic heterocycles. The Balaban J connectivity index is 2.34. The van der Waals surface area contributed by atoms with E-state index in [-0.39, 0.29) is 10.9 Å². The smallest absolute Gasteiger partial charge is 0.255 e. The number of para-hydroxylation sites is 1. The molecule has 2 aromatic rings. The van der Waals surface area contributed by atoms with Gasteiger partial charge < -0.3 is 4.74 Å². The molecule has 1 heterocycles. The number of allylic oxidation sites excluding steroid dienone is 1. The van der Waals surface area contributed by atoms with E-state index in [0.717, 1.165) is 5.56 Å². The van der Waals surface area contributed by atoms with Crippen molar-refractivity contribution in [2.75, 3.05) is 0 Å². The number of rotatable bonds is 3. The Morgan fingerprint density at radius 3 is 2.83 bits per heavy atom. The van der Waals surface area contributed by atoms with Crippen molar-refractivity contribution in [3.8, 4) is 11.6 Å². The average Bonchev–Trinajstić information content (AvgIpc) is 2.35. The van der Waals surface area contributed by atoms with Crippen LogP contribution in [-0.4, -0.2) is 4.98 Å². The molecule has 0 saturated carbocycles. The summed E-state index contributed by atoms with van der Waals surface area (Å²) in [5, 5.41) is 0.238. The molecule has 0 fully saturated rings. The van der Waals surface area contributed by atoms with Gasteiger partial charge in [0.05, 0.1) is 5.02 Å². The molecule has 0 saturated heterocycles. The number of hydrogen-bond acceptors (Lipinski definition) is 2. The van der Waals surface area contributed by atoms with Gasteiger partial charge in [-0.2, -0.15) is 0 Å². The zero-order valence-electron chi connectivity index (χ0n) is 9.73. The molecule has 0 radical (unpaired) electrons. The Bertz CT molecular complexity index is 584. The summed E-state index contributed by atoms with van der Waals surface area (Å²) >= 11 is 5.63. The standard InChI is InChI=1S/C14H11ClFNO/c1-2-5-10-6-3-4-7-13(10)18-14-12(16)8-11(15)9-17-14/h2-9H,1H3. The number of hydrogen-bond donors (Lipinski definition) is 0. The third-order valence-electron chi connectivity index (χ3n) is 2.25. The van der Waals surface area contributed by atoms with Crippen LogP contribution in [0.3, 0.4) is 0 Å². The normalized spacial score (nSPS) is 10.8. The summed E-state index contributed by atoms with van der Waals surface area (Å²) in [7, 11) is 0. The van der Waals surface area contributed by atoms with Gasteiger partial charge in [-0.25, -0.2) is 9.37 Å². The molecule has 0 spiro atoms. The lowest BCUT2D eigenvalue weighted by molar-refractivity contribution is 0.422. The molecule has 0 aliphatic rings. The first-order chi connectivity index (χ1) is 8.70. The van der Waals surface area contributed by atoms with Gasteiger partial charge in [-0.1, -0.05) is 42.0 Å². The fourth-order valence-electron chi connectivity index (χ4n) is 1.47. The van der Waals surface area contributed by atoms with Crippen molar-refractivity contribution in [2.24, 2.45) is 0 Å². The van der Waals surface area contributed by atoms with Crippen LogP contribution in [0.25, 0.3) is 6.08 Å². The molecule has 2 nitrogen and oxygen atoms in total. The average molecular weight is 264 g/mol. The first-order valence-electron chi connectivity index (χ1n) is 5.41. The maximum atomic E-state index is 13.6. The van der Waals surface area contributed by atoms with Crippen LogP contribution >= 0.6 is 11.6 Å². The van der Waals surface area contributed by atoms with E-state index >= 15 is 0 Å². The van der Waals surface area contributed by atoms with Crippen molar-refractivity contribution in [3.63, 3.8) is 0 Å². The predicted octanol–water partition coefficient (Wildman–Crippen LogP) is 4.70. The zero-order valence-corrected chi connectivity index (χ0v) is 10.5. The second-order valence-corrected chi connectivity index (χ2v) is 4.02. The molecule has 0 N–H and O–H groups in total. The topological polar surface area (TPSA) is 22.1 Å². The first kappa shape index (κ1) is 12.6. The maximum Gasteiger partial charge on any atom is 0.255 e. The van der Waals surface area contributed by atoms with Gasteiger partial charge in [0.2, 0.25) is 0 Å². The van der Waals surface area contributed by atoms with Crippen LogP contribution in [-0.2, 0) is 0 Å². The monoisotopic (exact) mass is 263 g/mol. The largest absolute Gasteiger partial charge is 0.436 e. The van der Waals surface area contributed by atoms with Crippen molar-refractivity contribution in [1.82, 2.24) is 4.98 Å². The van der Waals surface area contributed by atoms with Gasteiger partial charge in [-0.3, -0.25) is 0 Å². The lowest BCUT2D eigenvalue weighted by Crippen LogP contribution is -1.93. The van der Waals surface area contributed by atoms with Crippen LogP contribution in [0.15, 0.2) is 42.6 Å². The van der Waals surface area contributed by atoms with Gasteiger partial charge in [0.15, 0.2) is 5.82 Å². The molecule has 1 aromatic heterocycles. The number of ether oxygens (including phenoxy) is 1. The minimum atomic E-state index is -0.585. The van der Waals surface area contributed by atoms with Crippen LogP contribution in [0.4, 0.5) is 4.39 Å². The van der Waals surface area contributed by atoms with E-state index in [1.54, 1.807) is 6.07 Å². The Morgan fingerprint density at radius 2 is 2.11 bits per heavy atom. The Labute approximate surface area is 110 Å². The summed E-state index contributed by atoms with van der Waals surface area (Å²) in [4.78, 5) is 3.82. The van der Waals surface area contributed by atoms with E-state index in [1.807, 2.05) is 37.3 Å². The molecule has 0 aliphatic carbocycles. The number of pyridine rings is 1. The molecule has 0 bridgehead atoms. The minimum absolute atomic E-state index is 0.0867. The van der Waals surface area contributed by atoms with Crippen molar-refractivity contribution < 1.29 is 9.13 Å². The van der Waals surface area contributed by atoms with Gasteiger partial charge in [-0.15, -0.1) is 0 Å². The molecule has 0 amide bonds. The molecule has 0 unspecified atom stereocenters. The highest BCUT2D eigenvalue weighted by Gasteiger charge is 2.08. The lowest BCUT2D eigenvalue weighted by Gasteiger charge is -2.08. The van der Waals surface area contributed by atoms with Crippen LogP contribution in [0.1, 0.15) is 12.5 Å². The van der Waals surface area contributed by atoms with Crippen molar-refractivity contribution >= 4 is 17.7 Å². The molecule has 4 heteroatoms. The molecular formula is C14H11ClFNO. The second-order valence-electron chi connectivity index (χ2n) is 3.58. The van der Waals surface area contributed by atoms with Gasteiger partial charge in [0, 0.05) is 11.8 Å². The molecular weight excluding hydrogens is 253 g/mol. The molecule has 92 valence electrons. The van der Waals surface area contributed by atoms with Crippen LogP contribution < -0.4 is 4.74 Å². The van der Waals surface area contributed by atoms with Crippen LogP contribution in [0.5, 0.6) is 11.6 Å². The van der Waals surface area contributed by atoms with E-state index in [0.29, 0.717) is 5.75 Å². The van der Waals surface area contributed by atoms with E-state index in [2.05, 4.69) is 4.98 Å². The van der Waals surface area contributed by atoms with Crippen LogP contribution in [0, 0.1) is 5.82 Å². The van der Waals surface area contributed by atoms with Gasteiger partial charge >= 0.3 is 0 Å². The SMILES string of the molecule is CC=Cc1ccccc1Oc1ncc(Cl)cc1F. The number of nitrogens with zero attached hydrogens (tertiary/aromatic N) is 1. The van der Waals surface area contributed by atoms with Crippen molar-refractivity contribution in [2.45, 2.75) is 6.92 Å². The predicted molar refractivity (Wildman–Crippen MR) is 70.4 cm³/mol. The molecule has 1 aromatic carbocycles. The fourth-order valence-corrected chi connectivity index (χ4v) is 1.62. The summed E-state index contributed by atoms with van der Waals surface area (Å²) in [5.74, 6) is -0.126. The minimum Gasteiger partial charge on any atom is -0.436 e. The fraction of sp³-hybridized carbons (Fsp3) is 0.0714. The molecule has 2 rings (SSSR count). The summed E-state index contributed by atoms with van der Waals surface area (Å²) in [6.07, 6.45) is 5.11. The van der Waals surface area contributed by atoms with Crippen molar-refractivity contribution in [3.05, 3.63) is 59.0 Å². The Kier molecular flexibility index (Phi) is 3.95. The first-order valence-corrected chi connectivity index (χ1v) is 5.79. The molecule has 18 heavy (non-hydrogen) atoms. The molecule has 0 atom stereocenters. The third kappa shape index (κ3) is 2.87. The Hall–Kier alpha value is -1.87. The number of benzene rings is 1. The summed E-state index contributed by atoms with van der Waals surface area (Å²) in [6, 6.07) is 8.50. The maximum absolute atomic E-state index is 13.6. The summed E-state index contributed by atoms with van der Waals surface area (Å²) < 4.78 is 19.0. The van der Waals surface area contributed by atoms with E-state index < -0.39 is 5.82 Å². The summed E-state index contributed by atoms with van der Waals surface area (Å²) in [6.45, 7) is 1.90. The highest BCUT2D eigenvalue weighted by molar-refractivity contribution is 6.30. The number of halogens is 2. The lowest BCUT2D eigenvalue weighted by atomic mass is 10.2. The zero-order chi connectivity index (χ0) is 13.0. The van der Waals surface area contributed by atoms with E-state index in [1.165, 1.54) is 12.3 Å². The number of aromatic nitrogens is 1. The van der Waals surface area contributed by atoms with Gasteiger partial charge in [0.25, 0.3) is 5.88 Å². The third-order valence-corrected chi connectivity index (χ3v) is 2.45. The van der Waals surface area contributed by atoms with E-state index in [9.17, 15) is 4.39 Å². The van der Waals surface area contributed by atoms with Crippen LogP contribution in [0.2, 0.25) is 5.02 Å². The van der Waals surface area contributed by atoms with Gasteiger partial charge in [0.1, 0.15) is 5.75 Å². The Morgan fingerprint density at radius 1 is 1.33 bits per heavy atom. The van der Waals surface area contributed by atoms with E-state index in [4.69, 9.17) is 16.3 Å². The highest BCUT2D eigenvalue weighted by Crippen LogP contribution is 2.27. The highest BCUT2D eigenvalue weighted by atomic mass is 35.5. The van der Waals surface area contributed by atoms with Gasteiger partial charge in [-0.05, 0) is 19.1 Å².